The number of para-hydroxylation sites is 1. The summed E-state index contributed by atoms with van der Waals surface area (Å²) in [6.07, 6.45) is 0. The first-order chi connectivity index (χ1) is 8.74. The largest absolute Gasteiger partial charge is 0.394 e. The average Bonchev–Trinajstić information content (AvgIpc) is 2.38. The molecule has 18 heavy (non-hydrogen) atoms. The molecule has 1 atom stereocenters. The number of fused-ring (bicyclic) bond motifs is 1. The molecule has 5 nitrogen and oxygen atoms in total. The third-order valence-corrected chi connectivity index (χ3v) is 2.67. The Bertz CT molecular complexity index is 536. The summed E-state index contributed by atoms with van der Waals surface area (Å²) in [6, 6.07) is 7.31. The van der Waals surface area contributed by atoms with Crippen molar-refractivity contribution in [1.82, 2.24) is 9.97 Å². The number of hydrogen-bond acceptors (Lipinski definition) is 5. The van der Waals surface area contributed by atoms with Crippen LogP contribution in [0.15, 0.2) is 24.3 Å². The van der Waals surface area contributed by atoms with E-state index in [-0.39, 0.29) is 17.9 Å². The standard InChI is InChI=1S/C12H14ClN3O2/c1-18-7-8(6-17)14-11-9-4-2-3-5-10(9)15-12(13)16-11/h2-5,8,17H,6-7H2,1H3,(H,14,15,16). The molecule has 2 rings (SSSR count). The van der Waals surface area contributed by atoms with E-state index in [1.807, 2.05) is 24.3 Å². The smallest absolute Gasteiger partial charge is 0.224 e. The van der Waals surface area contributed by atoms with Gasteiger partial charge in [0.2, 0.25) is 5.28 Å². The predicted molar refractivity (Wildman–Crippen MR) is 70.9 cm³/mol. The fraction of sp³-hybridized carbons (Fsp3) is 0.333. The summed E-state index contributed by atoms with van der Waals surface area (Å²) in [5.41, 5.74) is 0.758. The van der Waals surface area contributed by atoms with Crippen LogP contribution in [0.3, 0.4) is 0 Å². The first-order valence-corrected chi connectivity index (χ1v) is 5.91. The van der Waals surface area contributed by atoms with Crippen LogP contribution in [0.5, 0.6) is 0 Å². The van der Waals surface area contributed by atoms with Gasteiger partial charge in [0.05, 0.1) is 24.8 Å². The van der Waals surface area contributed by atoms with Gasteiger partial charge in [-0.3, -0.25) is 0 Å². The second-order valence-corrected chi connectivity index (χ2v) is 4.18. The first-order valence-electron chi connectivity index (χ1n) is 5.53. The Kier molecular flexibility index (Phi) is 4.30. The van der Waals surface area contributed by atoms with E-state index in [9.17, 15) is 5.11 Å². The number of benzene rings is 1. The summed E-state index contributed by atoms with van der Waals surface area (Å²) in [7, 11) is 1.58. The molecule has 0 fully saturated rings. The predicted octanol–water partition coefficient (Wildman–Crippen LogP) is 1.70. The maximum absolute atomic E-state index is 9.24. The zero-order valence-corrected chi connectivity index (χ0v) is 10.7. The molecule has 0 aliphatic carbocycles. The summed E-state index contributed by atoms with van der Waals surface area (Å²) in [6.45, 7) is 0.330. The van der Waals surface area contributed by atoms with Gasteiger partial charge < -0.3 is 15.2 Å². The Morgan fingerprint density at radius 1 is 1.39 bits per heavy atom. The van der Waals surface area contributed by atoms with Gasteiger partial charge >= 0.3 is 0 Å². The molecule has 6 heteroatoms. The fourth-order valence-electron chi connectivity index (χ4n) is 1.69. The highest BCUT2D eigenvalue weighted by molar-refractivity contribution is 6.28. The number of anilines is 1. The summed E-state index contributed by atoms with van der Waals surface area (Å²) in [5, 5.41) is 13.4. The number of rotatable bonds is 5. The van der Waals surface area contributed by atoms with Gasteiger partial charge in [0.25, 0.3) is 0 Å². The molecule has 0 saturated heterocycles. The van der Waals surface area contributed by atoms with Crippen LogP contribution in [-0.4, -0.2) is 41.4 Å². The van der Waals surface area contributed by atoms with E-state index in [1.54, 1.807) is 7.11 Å². The van der Waals surface area contributed by atoms with Crippen LogP contribution in [0.1, 0.15) is 0 Å². The molecule has 1 aromatic carbocycles. The maximum atomic E-state index is 9.24. The Hall–Kier alpha value is -1.43. The van der Waals surface area contributed by atoms with Gasteiger partial charge in [-0.2, -0.15) is 0 Å². The molecule has 0 amide bonds. The van der Waals surface area contributed by atoms with Crippen molar-refractivity contribution in [1.29, 1.82) is 0 Å². The summed E-state index contributed by atoms with van der Waals surface area (Å²) >= 11 is 5.87. The van der Waals surface area contributed by atoms with Crippen molar-refractivity contribution < 1.29 is 9.84 Å². The van der Waals surface area contributed by atoms with E-state index in [2.05, 4.69) is 15.3 Å². The van der Waals surface area contributed by atoms with Crippen molar-refractivity contribution in [2.45, 2.75) is 6.04 Å². The highest BCUT2D eigenvalue weighted by Crippen LogP contribution is 2.22. The van der Waals surface area contributed by atoms with Crippen molar-refractivity contribution in [3.8, 4) is 0 Å². The van der Waals surface area contributed by atoms with E-state index in [4.69, 9.17) is 16.3 Å². The van der Waals surface area contributed by atoms with Crippen LogP contribution >= 0.6 is 11.6 Å². The van der Waals surface area contributed by atoms with Gasteiger partial charge in [0, 0.05) is 12.5 Å². The Morgan fingerprint density at radius 3 is 2.89 bits per heavy atom. The molecule has 1 aromatic heterocycles. The second-order valence-electron chi connectivity index (χ2n) is 3.84. The molecule has 96 valence electrons. The van der Waals surface area contributed by atoms with Gasteiger partial charge in [-0.05, 0) is 23.7 Å². The number of hydrogen-bond donors (Lipinski definition) is 2. The van der Waals surface area contributed by atoms with Gasteiger partial charge in [-0.15, -0.1) is 0 Å². The van der Waals surface area contributed by atoms with E-state index in [1.165, 1.54) is 0 Å². The Labute approximate surface area is 110 Å². The number of methoxy groups -OCH3 is 1. The van der Waals surface area contributed by atoms with Gasteiger partial charge in [-0.1, -0.05) is 12.1 Å². The summed E-state index contributed by atoms with van der Waals surface area (Å²) in [5.74, 6) is 0.599. The second kappa shape index (κ2) is 5.95. The Balaban J connectivity index is 2.37. The molecular formula is C12H14ClN3O2. The molecule has 0 aliphatic rings. The SMILES string of the molecule is COCC(CO)Nc1nc(Cl)nc2ccccc12. The van der Waals surface area contributed by atoms with Crippen LogP contribution in [0.2, 0.25) is 5.28 Å². The number of halogens is 1. The lowest BCUT2D eigenvalue weighted by molar-refractivity contribution is 0.153. The lowest BCUT2D eigenvalue weighted by Crippen LogP contribution is -2.29. The van der Waals surface area contributed by atoms with E-state index < -0.39 is 0 Å². The zero-order chi connectivity index (χ0) is 13.0. The topological polar surface area (TPSA) is 67.3 Å². The van der Waals surface area contributed by atoms with Gasteiger partial charge in [-0.25, -0.2) is 9.97 Å². The summed E-state index contributed by atoms with van der Waals surface area (Å²) in [4.78, 5) is 8.28. The molecule has 1 unspecified atom stereocenters. The van der Waals surface area contributed by atoms with Crippen LogP contribution in [0, 0.1) is 0 Å². The fourth-order valence-corrected chi connectivity index (χ4v) is 1.87. The van der Waals surface area contributed by atoms with Gasteiger partial charge in [0.15, 0.2) is 0 Å². The zero-order valence-electron chi connectivity index (χ0n) is 9.93. The number of nitrogens with one attached hydrogen (secondary N) is 1. The number of aliphatic hydroxyl groups is 1. The third-order valence-electron chi connectivity index (χ3n) is 2.51. The molecule has 0 radical (unpaired) electrons. The molecule has 0 saturated carbocycles. The van der Waals surface area contributed by atoms with Crippen molar-refractivity contribution in [3.63, 3.8) is 0 Å². The van der Waals surface area contributed by atoms with E-state index >= 15 is 0 Å². The van der Waals surface area contributed by atoms with Crippen molar-refractivity contribution in [3.05, 3.63) is 29.5 Å². The molecule has 0 spiro atoms. The minimum absolute atomic E-state index is 0.0518. The van der Waals surface area contributed by atoms with Gasteiger partial charge in [0.1, 0.15) is 5.82 Å². The highest BCUT2D eigenvalue weighted by atomic mass is 35.5. The molecule has 1 heterocycles. The molecule has 0 aliphatic heterocycles. The Morgan fingerprint density at radius 2 is 2.17 bits per heavy atom. The van der Waals surface area contributed by atoms with Crippen molar-refractivity contribution in [2.75, 3.05) is 25.6 Å². The third kappa shape index (κ3) is 2.87. The highest BCUT2D eigenvalue weighted by Gasteiger charge is 2.11. The molecule has 0 bridgehead atoms. The van der Waals surface area contributed by atoms with Crippen molar-refractivity contribution in [2.24, 2.45) is 0 Å². The molecular weight excluding hydrogens is 254 g/mol. The van der Waals surface area contributed by atoms with Crippen LogP contribution in [0.25, 0.3) is 10.9 Å². The normalized spacial score (nSPS) is 12.6. The van der Waals surface area contributed by atoms with Crippen molar-refractivity contribution >= 4 is 28.3 Å². The van der Waals surface area contributed by atoms with Crippen LogP contribution in [-0.2, 0) is 4.74 Å². The van der Waals surface area contributed by atoms with Crippen LogP contribution in [0.4, 0.5) is 5.82 Å². The van der Waals surface area contributed by atoms with Crippen LogP contribution < -0.4 is 5.32 Å². The van der Waals surface area contributed by atoms with E-state index in [0.717, 1.165) is 10.9 Å². The average molecular weight is 268 g/mol. The molecule has 2 aromatic rings. The quantitative estimate of drug-likeness (QED) is 0.807. The number of ether oxygens (including phenoxy) is 1. The minimum atomic E-state index is -0.232. The number of aliphatic hydroxyl groups excluding tert-OH is 1. The number of nitrogens with zero attached hydrogens (tertiary/aromatic N) is 2. The monoisotopic (exact) mass is 267 g/mol. The minimum Gasteiger partial charge on any atom is -0.394 e. The molecule has 2 N–H and O–H groups in total. The maximum Gasteiger partial charge on any atom is 0.224 e. The lowest BCUT2D eigenvalue weighted by Gasteiger charge is -2.17. The number of aromatic nitrogens is 2. The first kappa shape index (κ1) is 13.0. The van der Waals surface area contributed by atoms with E-state index in [0.29, 0.717) is 12.4 Å². The lowest BCUT2D eigenvalue weighted by atomic mass is 10.2. The summed E-state index contributed by atoms with van der Waals surface area (Å²) < 4.78 is 5.01.